The second-order valence-corrected chi connectivity index (χ2v) is 6.72. The maximum atomic E-state index is 12.5. The summed E-state index contributed by atoms with van der Waals surface area (Å²) in [4.78, 5) is 12.5. The van der Waals surface area contributed by atoms with E-state index in [2.05, 4.69) is 27.9 Å². The molecule has 2 amide bonds. The Morgan fingerprint density at radius 1 is 1.32 bits per heavy atom. The molecule has 0 bridgehead atoms. The van der Waals surface area contributed by atoms with Crippen molar-refractivity contribution >= 4 is 6.03 Å². The van der Waals surface area contributed by atoms with E-state index in [1.165, 1.54) is 0 Å². The number of carbonyl (C=O) groups is 1. The number of nitrogens with one attached hydrogen (secondary N) is 2. The lowest BCUT2D eigenvalue weighted by molar-refractivity contribution is 0.181. The van der Waals surface area contributed by atoms with Crippen molar-refractivity contribution in [2.75, 3.05) is 13.2 Å². The first-order chi connectivity index (χ1) is 12.1. The highest BCUT2D eigenvalue weighted by Crippen LogP contribution is 2.26. The van der Waals surface area contributed by atoms with Crippen LogP contribution in [-0.2, 0) is 11.8 Å². The normalized spacial score (nSPS) is 19.4. The predicted molar refractivity (Wildman–Crippen MR) is 96.0 cm³/mol. The molecule has 1 fully saturated rings. The van der Waals surface area contributed by atoms with Gasteiger partial charge in [0.1, 0.15) is 0 Å². The minimum absolute atomic E-state index is 0.0194. The maximum Gasteiger partial charge on any atom is 0.315 e. The van der Waals surface area contributed by atoms with E-state index < -0.39 is 0 Å². The van der Waals surface area contributed by atoms with E-state index in [-0.39, 0.29) is 18.1 Å². The van der Waals surface area contributed by atoms with Gasteiger partial charge in [0.25, 0.3) is 0 Å². The molecular formula is C19H26N4O2. The second kappa shape index (κ2) is 8.16. The lowest BCUT2D eigenvalue weighted by Crippen LogP contribution is -2.39. The van der Waals surface area contributed by atoms with Gasteiger partial charge in [0.2, 0.25) is 0 Å². The SMILES string of the molecule is C[C@H](NC(=O)N[C@H](C[C@H]1CCOC1)c1ccccc1)c1cnn(C)c1. The molecule has 0 saturated carbocycles. The number of rotatable bonds is 6. The van der Waals surface area contributed by atoms with Crippen LogP contribution >= 0.6 is 0 Å². The zero-order valence-electron chi connectivity index (χ0n) is 14.8. The molecule has 0 unspecified atom stereocenters. The summed E-state index contributed by atoms with van der Waals surface area (Å²) >= 11 is 0. The number of nitrogens with zero attached hydrogens (tertiary/aromatic N) is 2. The molecule has 6 heteroatoms. The van der Waals surface area contributed by atoms with Gasteiger partial charge in [0.05, 0.1) is 18.3 Å². The van der Waals surface area contributed by atoms with Gasteiger partial charge >= 0.3 is 6.03 Å². The molecule has 1 aromatic heterocycles. The summed E-state index contributed by atoms with van der Waals surface area (Å²) in [6.45, 7) is 3.55. The fourth-order valence-corrected chi connectivity index (χ4v) is 3.21. The number of urea groups is 1. The van der Waals surface area contributed by atoms with Gasteiger partial charge in [-0.25, -0.2) is 4.79 Å². The van der Waals surface area contributed by atoms with Gasteiger partial charge in [0, 0.05) is 32.0 Å². The molecule has 1 aliphatic heterocycles. The van der Waals surface area contributed by atoms with Gasteiger partial charge in [-0.1, -0.05) is 30.3 Å². The smallest absolute Gasteiger partial charge is 0.315 e. The molecule has 0 spiro atoms. The van der Waals surface area contributed by atoms with Crippen LogP contribution in [0.2, 0.25) is 0 Å². The Morgan fingerprint density at radius 3 is 2.76 bits per heavy atom. The second-order valence-electron chi connectivity index (χ2n) is 6.72. The van der Waals surface area contributed by atoms with Gasteiger partial charge in [-0.15, -0.1) is 0 Å². The van der Waals surface area contributed by atoms with Crippen LogP contribution in [0.5, 0.6) is 0 Å². The first-order valence-electron chi connectivity index (χ1n) is 8.80. The van der Waals surface area contributed by atoms with Crippen molar-refractivity contribution < 1.29 is 9.53 Å². The molecular weight excluding hydrogens is 316 g/mol. The Morgan fingerprint density at radius 2 is 2.12 bits per heavy atom. The van der Waals surface area contributed by atoms with Crippen molar-refractivity contribution in [1.82, 2.24) is 20.4 Å². The summed E-state index contributed by atoms with van der Waals surface area (Å²) in [5.41, 5.74) is 2.11. The van der Waals surface area contributed by atoms with Crippen LogP contribution in [0.4, 0.5) is 4.79 Å². The first-order valence-corrected chi connectivity index (χ1v) is 8.80. The molecule has 134 valence electrons. The van der Waals surface area contributed by atoms with E-state index in [9.17, 15) is 4.79 Å². The molecule has 6 nitrogen and oxygen atoms in total. The van der Waals surface area contributed by atoms with Crippen molar-refractivity contribution in [3.05, 3.63) is 53.9 Å². The number of ether oxygens (including phenoxy) is 1. The zero-order chi connectivity index (χ0) is 17.6. The predicted octanol–water partition coefficient (Wildman–Crippen LogP) is 2.95. The van der Waals surface area contributed by atoms with Crippen LogP contribution in [0, 0.1) is 5.92 Å². The lowest BCUT2D eigenvalue weighted by atomic mass is 9.94. The average Bonchev–Trinajstić information content (AvgIpc) is 3.26. The minimum atomic E-state index is -0.163. The van der Waals surface area contributed by atoms with Gasteiger partial charge in [-0.2, -0.15) is 5.10 Å². The van der Waals surface area contributed by atoms with E-state index >= 15 is 0 Å². The highest BCUT2D eigenvalue weighted by atomic mass is 16.5. The summed E-state index contributed by atoms with van der Waals surface area (Å²) in [7, 11) is 1.87. The minimum Gasteiger partial charge on any atom is -0.381 e. The summed E-state index contributed by atoms with van der Waals surface area (Å²) < 4.78 is 7.22. The third-order valence-corrected chi connectivity index (χ3v) is 4.67. The van der Waals surface area contributed by atoms with Crippen LogP contribution in [0.3, 0.4) is 0 Å². The van der Waals surface area contributed by atoms with Crippen molar-refractivity contribution in [1.29, 1.82) is 0 Å². The summed E-state index contributed by atoms with van der Waals surface area (Å²) in [6.07, 6.45) is 5.63. The molecule has 2 N–H and O–H groups in total. The molecule has 25 heavy (non-hydrogen) atoms. The Bertz CT molecular complexity index is 680. The Kier molecular flexibility index (Phi) is 5.71. The summed E-state index contributed by atoms with van der Waals surface area (Å²) in [6, 6.07) is 9.84. The average molecular weight is 342 g/mol. The number of amides is 2. The third-order valence-electron chi connectivity index (χ3n) is 4.67. The van der Waals surface area contributed by atoms with E-state index in [1.54, 1.807) is 10.9 Å². The standard InChI is InChI=1S/C19H26N4O2/c1-14(17-11-20-23(2)12-17)21-19(24)22-18(10-15-8-9-25-13-15)16-6-4-3-5-7-16/h3-7,11-12,14-15,18H,8-10,13H2,1-2H3,(H2,21,22,24)/t14-,15+,18+/m0/s1. The number of hydrogen-bond donors (Lipinski definition) is 2. The number of carbonyl (C=O) groups excluding carboxylic acids is 1. The van der Waals surface area contributed by atoms with E-state index in [0.29, 0.717) is 5.92 Å². The highest BCUT2D eigenvalue weighted by Gasteiger charge is 2.23. The lowest BCUT2D eigenvalue weighted by Gasteiger charge is -2.23. The summed E-state index contributed by atoms with van der Waals surface area (Å²) in [5.74, 6) is 0.487. The molecule has 3 atom stereocenters. The van der Waals surface area contributed by atoms with Crippen LogP contribution in [-0.4, -0.2) is 29.0 Å². The third kappa shape index (κ3) is 4.82. The van der Waals surface area contributed by atoms with Crippen LogP contribution in [0.15, 0.2) is 42.7 Å². The number of benzene rings is 1. The monoisotopic (exact) mass is 342 g/mol. The van der Waals surface area contributed by atoms with Crippen molar-refractivity contribution in [2.45, 2.75) is 31.8 Å². The van der Waals surface area contributed by atoms with Crippen LogP contribution in [0.1, 0.15) is 43.0 Å². The largest absolute Gasteiger partial charge is 0.381 e. The molecule has 3 rings (SSSR count). The van der Waals surface area contributed by atoms with Crippen molar-refractivity contribution in [3.63, 3.8) is 0 Å². The molecule has 1 aromatic carbocycles. The van der Waals surface area contributed by atoms with E-state index in [4.69, 9.17) is 4.74 Å². The molecule has 1 aliphatic rings. The Hall–Kier alpha value is -2.34. The Balaban J connectivity index is 1.63. The van der Waals surface area contributed by atoms with Crippen LogP contribution in [0.25, 0.3) is 0 Å². The number of aryl methyl sites for hydroxylation is 1. The maximum absolute atomic E-state index is 12.5. The molecule has 0 aliphatic carbocycles. The van der Waals surface area contributed by atoms with Gasteiger partial charge < -0.3 is 15.4 Å². The molecule has 2 heterocycles. The topological polar surface area (TPSA) is 68.2 Å². The van der Waals surface area contributed by atoms with Crippen LogP contribution < -0.4 is 10.6 Å². The molecule has 1 saturated heterocycles. The number of hydrogen-bond acceptors (Lipinski definition) is 3. The van der Waals surface area contributed by atoms with Gasteiger partial charge in [-0.05, 0) is 31.2 Å². The number of aromatic nitrogens is 2. The van der Waals surface area contributed by atoms with Gasteiger partial charge in [0.15, 0.2) is 0 Å². The fraction of sp³-hybridized carbons (Fsp3) is 0.474. The van der Waals surface area contributed by atoms with Crippen molar-refractivity contribution in [2.24, 2.45) is 13.0 Å². The first kappa shape index (κ1) is 17.5. The van der Waals surface area contributed by atoms with E-state index in [0.717, 1.165) is 37.2 Å². The fourth-order valence-electron chi connectivity index (χ4n) is 3.21. The molecule has 2 aromatic rings. The quantitative estimate of drug-likeness (QED) is 0.848. The molecule has 0 radical (unpaired) electrons. The summed E-state index contributed by atoms with van der Waals surface area (Å²) in [5, 5.41) is 10.3. The zero-order valence-corrected chi connectivity index (χ0v) is 14.8. The van der Waals surface area contributed by atoms with Gasteiger partial charge in [-0.3, -0.25) is 4.68 Å². The Labute approximate surface area is 148 Å². The highest BCUT2D eigenvalue weighted by molar-refractivity contribution is 5.75. The van der Waals surface area contributed by atoms with E-state index in [1.807, 2.05) is 38.4 Å². The van der Waals surface area contributed by atoms with Crippen molar-refractivity contribution in [3.8, 4) is 0 Å².